The van der Waals surface area contributed by atoms with Crippen LogP contribution in [0.5, 0.6) is 0 Å². The molecular formula is C18H27FIN5O. The number of halogens is 2. The van der Waals surface area contributed by atoms with Crippen LogP contribution in [0.1, 0.15) is 45.0 Å². The summed E-state index contributed by atoms with van der Waals surface area (Å²) in [5, 5.41) is 7.22. The Balaban J connectivity index is 0.00000338. The van der Waals surface area contributed by atoms with Crippen LogP contribution in [0.3, 0.4) is 0 Å². The van der Waals surface area contributed by atoms with Crippen molar-refractivity contribution < 1.29 is 8.91 Å². The van der Waals surface area contributed by atoms with Gasteiger partial charge in [0, 0.05) is 25.6 Å². The van der Waals surface area contributed by atoms with Crippen molar-refractivity contribution in [2.75, 3.05) is 13.6 Å². The van der Waals surface area contributed by atoms with Gasteiger partial charge in [0.25, 0.3) is 0 Å². The van der Waals surface area contributed by atoms with Gasteiger partial charge in [0.05, 0.1) is 0 Å². The lowest BCUT2D eigenvalue weighted by molar-refractivity contribution is 0.318. The summed E-state index contributed by atoms with van der Waals surface area (Å²) in [4.78, 5) is 10.9. The van der Waals surface area contributed by atoms with Crippen molar-refractivity contribution in [3.63, 3.8) is 0 Å². The second kappa shape index (κ2) is 9.84. The monoisotopic (exact) mass is 475 g/mol. The molecule has 1 N–H and O–H groups in total. The average molecular weight is 475 g/mol. The predicted molar refractivity (Wildman–Crippen MR) is 111 cm³/mol. The third-order valence-electron chi connectivity index (χ3n) is 3.51. The highest BCUT2D eigenvalue weighted by Crippen LogP contribution is 2.19. The Labute approximate surface area is 171 Å². The molecule has 0 saturated carbocycles. The molecule has 2 aromatic rings. The minimum absolute atomic E-state index is 0. The quantitative estimate of drug-likeness (QED) is 0.406. The molecule has 0 amide bonds. The standard InChI is InChI=1S/C18H26FN5O.HI/c1-6-20-17(24(5)12-13-7-9-14(19)10-8-13)21-11-15-22-16(25-23-15)18(2,3)4;/h7-10H,6,11-12H2,1-5H3,(H,20,21);1H. The summed E-state index contributed by atoms with van der Waals surface area (Å²) in [7, 11) is 1.93. The van der Waals surface area contributed by atoms with Crippen LogP contribution >= 0.6 is 24.0 Å². The Morgan fingerprint density at radius 1 is 1.27 bits per heavy atom. The molecule has 26 heavy (non-hydrogen) atoms. The van der Waals surface area contributed by atoms with E-state index in [1.54, 1.807) is 12.1 Å². The summed E-state index contributed by atoms with van der Waals surface area (Å²) in [6.45, 7) is 9.76. The van der Waals surface area contributed by atoms with Crippen LogP contribution in [-0.2, 0) is 18.5 Å². The number of hydrogen-bond donors (Lipinski definition) is 1. The number of nitrogens with one attached hydrogen (secondary N) is 1. The molecule has 1 aromatic carbocycles. The van der Waals surface area contributed by atoms with E-state index in [4.69, 9.17) is 4.52 Å². The van der Waals surface area contributed by atoms with Gasteiger partial charge in [0.1, 0.15) is 12.4 Å². The summed E-state index contributed by atoms with van der Waals surface area (Å²) in [6.07, 6.45) is 0. The largest absolute Gasteiger partial charge is 0.357 e. The number of aliphatic imine (C=N–C) groups is 1. The van der Waals surface area contributed by atoms with Crippen LogP contribution < -0.4 is 5.32 Å². The van der Waals surface area contributed by atoms with Crippen molar-refractivity contribution in [1.82, 2.24) is 20.4 Å². The molecule has 6 nitrogen and oxygen atoms in total. The number of aromatic nitrogens is 2. The maximum Gasteiger partial charge on any atom is 0.232 e. The molecule has 0 saturated heterocycles. The van der Waals surface area contributed by atoms with Gasteiger partial charge in [0.2, 0.25) is 5.89 Å². The second-order valence-electron chi connectivity index (χ2n) is 6.92. The molecule has 0 aliphatic rings. The highest BCUT2D eigenvalue weighted by atomic mass is 127. The van der Waals surface area contributed by atoms with Gasteiger partial charge in [0.15, 0.2) is 11.8 Å². The van der Waals surface area contributed by atoms with Gasteiger partial charge in [-0.1, -0.05) is 38.1 Å². The molecule has 0 atom stereocenters. The molecule has 8 heteroatoms. The fraction of sp³-hybridized carbons (Fsp3) is 0.500. The SMILES string of the molecule is CCNC(=NCc1noc(C(C)(C)C)n1)N(C)Cc1ccc(F)cc1.I. The first-order valence-corrected chi connectivity index (χ1v) is 8.36. The van der Waals surface area contributed by atoms with E-state index in [0.29, 0.717) is 24.8 Å². The van der Waals surface area contributed by atoms with Crippen molar-refractivity contribution in [1.29, 1.82) is 0 Å². The zero-order valence-electron chi connectivity index (χ0n) is 15.9. The molecule has 0 bridgehead atoms. The van der Waals surface area contributed by atoms with E-state index in [1.807, 2.05) is 39.6 Å². The van der Waals surface area contributed by atoms with Crippen LogP contribution in [0.4, 0.5) is 4.39 Å². The topological polar surface area (TPSA) is 66.5 Å². The van der Waals surface area contributed by atoms with Crippen molar-refractivity contribution in [3.05, 3.63) is 47.4 Å². The van der Waals surface area contributed by atoms with E-state index >= 15 is 0 Å². The summed E-state index contributed by atoms with van der Waals surface area (Å²) in [6, 6.07) is 6.45. The fourth-order valence-corrected chi connectivity index (χ4v) is 2.18. The number of nitrogens with zero attached hydrogens (tertiary/aromatic N) is 4. The maximum absolute atomic E-state index is 13.0. The first-order chi connectivity index (χ1) is 11.8. The first-order valence-electron chi connectivity index (χ1n) is 8.36. The molecule has 0 unspecified atom stereocenters. The summed E-state index contributed by atoms with van der Waals surface area (Å²) in [5.41, 5.74) is 0.822. The van der Waals surface area contributed by atoms with E-state index in [0.717, 1.165) is 18.1 Å². The van der Waals surface area contributed by atoms with E-state index < -0.39 is 0 Å². The fourth-order valence-electron chi connectivity index (χ4n) is 2.18. The Morgan fingerprint density at radius 2 is 1.92 bits per heavy atom. The predicted octanol–water partition coefficient (Wildman–Crippen LogP) is 3.72. The Morgan fingerprint density at radius 3 is 2.46 bits per heavy atom. The molecule has 2 rings (SSSR count). The molecule has 144 valence electrons. The highest BCUT2D eigenvalue weighted by molar-refractivity contribution is 14.0. The van der Waals surface area contributed by atoms with Gasteiger partial charge in [-0.05, 0) is 24.6 Å². The number of rotatable bonds is 5. The molecular weight excluding hydrogens is 448 g/mol. The normalized spacial score (nSPS) is 11.8. The van der Waals surface area contributed by atoms with Crippen molar-refractivity contribution in [2.24, 2.45) is 4.99 Å². The smallest absolute Gasteiger partial charge is 0.232 e. The molecule has 1 aromatic heterocycles. The molecule has 0 fully saturated rings. The maximum atomic E-state index is 13.0. The third-order valence-corrected chi connectivity index (χ3v) is 3.51. The number of hydrogen-bond acceptors (Lipinski definition) is 4. The van der Waals surface area contributed by atoms with Crippen LogP contribution in [0.2, 0.25) is 0 Å². The van der Waals surface area contributed by atoms with Crippen LogP contribution in [0.25, 0.3) is 0 Å². The zero-order chi connectivity index (χ0) is 18.4. The summed E-state index contributed by atoms with van der Waals surface area (Å²) < 4.78 is 18.3. The highest BCUT2D eigenvalue weighted by Gasteiger charge is 2.21. The first kappa shape index (κ1) is 22.3. The number of guanidine groups is 1. The summed E-state index contributed by atoms with van der Waals surface area (Å²) in [5.74, 6) is 1.64. The van der Waals surface area contributed by atoms with Gasteiger partial charge in [-0.25, -0.2) is 9.38 Å². The minimum Gasteiger partial charge on any atom is -0.357 e. The average Bonchev–Trinajstić information content (AvgIpc) is 3.02. The third kappa shape index (κ3) is 6.54. The van der Waals surface area contributed by atoms with Gasteiger partial charge in [-0.2, -0.15) is 4.98 Å². The summed E-state index contributed by atoms with van der Waals surface area (Å²) >= 11 is 0. The lowest BCUT2D eigenvalue weighted by Crippen LogP contribution is -2.38. The molecule has 0 aliphatic carbocycles. The van der Waals surface area contributed by atoms with Gasteiger partial charge < -0.3 is 14.7 Å². The minimum atomic E-state index is -0.237. The lowest BCUT2D eigenvalue weighted by atomic mass is 9.97. The van der Waals surface area contributed by atoms with Gasteiger partial charge in [-0.15, -0.1) is 24.0 Å². The van der Waals surface area contributed by atoms with Crippen molar-refractivity contribution >= 4 is 29.9 Å². The van der Waals surface area contributed by atoms with Crippen molar-refractivity contribution in [2.45, 2.75) is 46.2 Å². The van der Waals surface area contributed by atoms with Gasteiger partial charge in [-0.3, -0.25) is 0 Å². The van der Waals surface area contributed by atoms with Crippen LogP contribution in [0.15, 0.2) is 33.8 Å². The molecule has 0 radical (unpaired) electrons. The van der Waals surface area contributed by atoms with Gasteiger partial charge >= 0.3 is 0 Å². The Hall–Kier alpha value is -1.71. The zero-order valence-corrected chi connectivity index (χ0v) is 18.2. The van der Waals surface area contributed by atoms with E-state index in [2.05, 4.69) is 20.4 Å². The molecule has 0 spiro atoms. The van der Waals surface area contributed by atoms with Crippen LogP contribution in [-0.4, -0.2) is 34.6 Å². The van der Waals surface area contributed by atoms with E-state index in [9.17, 15) is 4.39 Å². The Kier molecular flexibility index (Phi) is 8.45. The van der Waals surface area contributed by atoms with E-state index in [-0.39, 0.29) is 35.2 Å². The van der Waals surface area contributed by atoms with Crippen molar-refractivity contribution in [3.8, 4) is 0 Å². The lowest BCUT2D eigenvalue weighted by Gasteiger charge is -2.22. The Bertz CT molecular complexity index is 709. The number of benzene rings is 1. The van der Waals surface area contributed by atoms with E-state index in [1.165, 1.54) is 12.1 Å². The second-order valence-corrected chi connectivity index (χ2v) is 6.92. The molecule has 0 aliphatic heterocycles. The molecule has 1 heterocycles. The van der Waals surface area contributed by atoms with Crippen LogP contribution in [0, 0.1) is 5.82 Å².